The molecule has 0 radical (unpaired) electrons. The highest BCUT2D eigenvalue weighted by molar-refractivity contribution is 7.08. The van der Waals surface area contributed by atoms with E-state index in [9.17, 15) is 4.79 Å². The number of amides is 2. The Morgan fingerprint density at radius 1 is 1.39 bits per heavy atom. The van der Waals surface area contributed by atoms with Crippen molar-refractivity contribution in [2.45, 2.75) is 32.7 Å². The maximum atomic E-state index is 12.1. The Morgan fingerprint density at radius 3 is 2.72 bits per heavy atom. The summed E-state index contributed by atoms with van der Waals surface area (Å²) >= 11 is 1.70. The number of hydrogen-bond donors (Lipinski definition) is 1. The number of nitrogens with zero attached hydrogens (tertiary/aromatic N) is 1. The topological polar surface area (TPSA) is 32.3 Å². The van der Waals surface area contributed by atoms with Crippen molar-refractivity contribution in [3.63, 3.8) is 0 Å². The number of aryl methyl sites for hydroxylation is 1. The van der Waals surface area contributed by atoms with Crippen molar-refractivity contribution in [1.29, 1.82) is 0 Å². The molecule has 2 aliphatic rings. The smallest absolute Gasteiger partial charge is 0.317 e. The van der Waals surface area contributed by atoms with Crippen LogP contribution in [0.2, 0.25) is 0 Å². The Labute approximate surface area is 112 Å². The minimum absolute atomic E-state index is 0.120. The first-order chi connectivity index (χ1) is 8.74. The van der Waals surface area contributed by atoms with Gasteiger partial charge in [0.25, 0.3) is 0 Å². The van der Waals surface area contributed by atoms with Gasteiger partial charge in [-0.05, 0) is 53.5 Å². The Hall–Kier alpha value is -1.03. The second-order valence-electron chi connectivity index (χ2n) is 5.59. The molecule has 1 aromatic rings. The zero-order valence-corrected chi connectivity index (χ0v) is 11.6. The SMILES string of the molecule is Cc1cscc1CNC(=O)N1CC2CCCC2C1. The van der Waals surface area contributed by atoms with Crippen molar-refractivity contribution in [2.75, 3.05) is 13.1 Å². The first-order valence-corrected chi connectivity index (χ1v) is 7.73. The third-order valence-corrected chi connectivity index (χ3v) is 5.32. The standard InChI is InChI=1S/C14H20N2OS/c1-10-8-18-9-13(10)5-15-14(17)16-6-11-3-2-4-12(11)7-16/h8-9,11-12H,2-7H2,1H3,(H,15,17). The van der Waals surface area contributed by atoms with E-state index in [0.29, 0.717) is 6.54 Å². The molecule has 98 valence electrons. The highest BCUT2D eigenvalue weighted by Gasteiger charge is 2.37. The van der Waals surface area contributed by atoms with Crippen LogP contribution in [-0.2, 0) is 6.54 Å². The molecule has 1 saturated heterocycles. The summed E-state index contributed by atoms with van der Waals surface area (Å²) < 4.78 is 0. The summed E-state index contributed by atoms with van der Waals surface area (Å²) in [7, 11) is 0. The molecule has 3 rings (SSSR count). The zero-order valence-electron chi connectivity index (χ0n) is 10.8. The van der Waals surface area contributed by atoms with Gasteiger partial charge in [-0.2, -0.15) is 11.3 Å². The predicted octanol–water partition coefficient (Wildman–Crippen LogP) is 3.00. The fraction of sp³-hybridized carbons (Fsp3) is 0.643. The Kier molecular flexibility index (Phi) is 3.29. The van der Waals surface area contributed by atoms with E-state index in [1.807, 2.05) is 4.90 Å². The van der Waals surface area contributed by atoms with Gasteiger partial charge in [0.15, 0.2) is 0 Å². The Morgan fingerprint density at radius 2 is 2.11 bits per heavy atom. The first kappa shape index (κ1) is 12.0. The van der Waals surface area contributed by atoms with Gasteiger partial charge in [0.05, 0.1) is 0 Å². The third kappa shape index (κ3) is 2.26. The summed E-state index contributed by atoms with van der Waals surface area (Å²) in [6.07, 6.45) is 4.00. The van der Waals surface area contributed by atoms with Gasteiger partial charge < -0.3 is 10.2 Å². The molecule has 1 aliphatic carbocycles. The molecule has 0 bridgehead atoms. The van der Waals surface area contributed by atoms with E-state index in [-0.39, 0.29) is 6.03 Å². The van der Waals surface area contributed by atoms with Crippen LogP contribution in [-0.4, -0.2) is 24.0 Å². The number of likely N-dealkylation sites (tertiary alicyclic amines) is 1. The van der Waals surface area contributed by atoms with E-state index >= 15 is 0 Å². The van der Waals surface area contributed by atoms with Crippen LogP contribution in [0, 0.1) is 18.8 Å². The van der Waals surface area contributed by atoms with Crippen molar-refractivity contribution < 1.29 is 4.79 Å². The number of carbonyl (C=O) groups excluding carboxylic acids is 1. The first-order valence-electron chi connectivity index (χ1n) is 6.78. The molecule has 2 fully saturated rings. The summed E-state index contributed by atoms with van der Waals surface area (Å²) in [6, 6.07) is 0.120. The number of rotatable bonds is 2. The maximum absolute atomic E-state index is 12.1. The number of carbonyl (C=O) groups is 1. The minimum atomic E-state index is 0.120. The van der Waals surface area contributed by atoms with E-state index < -0.39 is 0 Å². The van der Waals surface area contributed by atoms with Crippen molar-refractivity contribution in [3.8, 4) is 0 Å². The van der Waals surface area contributed by atoms with Crippen LogP contribution in [0.5, 0.6) is 0 Å². The molecule has 4 heteroatoms. The molecule has 18 heavy (non-hydrogen) atoms. The van der Waals surface area contributed by atoms with E-state index in [1.165, 1.54) is 30.4 Å². The summed E-state index contributed by atoms with van der Waals surface area (Å²) in [5.74, 6) is 1.55. The summed E-state index contributed by atoms with van der Waals surface area (Å²) in [6.45, 7) is 4.70. The molecule has 1 N–H and O–H groups in total. The van der Waals surface area contributed by atoms with Crippen LogP contribution in [0.4, 0.5) is 4.79 Å². The number of fused-ring (bicyclic) bond motifs is 1. The molecule has 1 aliphatic heterocycles. The molecular formula is C14H20N2OS. The molecule has 2 unspecified atom stereocenters. The average Bonchev–Trinajstić information content (AvgIpc) is 3.00. The van der Waals surface area contributed by atoms with Gasteiger partial charge in [0, 0.05) is 19.6 Å². The van der Waals surface area contributed by atoms with Gasteiger partial charge in [-0.25, -0.2) is 4.79 Å². The van der Waals surface area contributed by atoms with Crippen LogP contribution in [0.3, 0.4) is 0 Å². The lowest BCUT2D eigenvalue weighted by atomic mass is 10.0. The number of thiophene rings is 1. The summed E-state index contributed by atoms with van der Waals surface area (Å²) in [5, 5.41) is 7.30. The van der Waals surface area contributed by atoms with Gasteiger partial charge in [0.2, 0.25) is 0 Å². The molecule has 2 amide bonds. The van der Waals surface area contributed by atoms with E-state index in [4.69, 9.17) is 0 Å². The summed E-state index contributed by atoms with van der Waals surface area (Å²) in [5.41, 5.74) is 2.52. The Bertz CT molecular complexity index is 431. The fourth-order valence-corrected chi connectivity index (χ4v) is 4.11. The lowest BCUT2D eigenvalue weighted by molar-refractivity contribution is 0.204. The van der Waals surface area contributed by atoms with Crippen LogP contribution in [0.15, 0.2) is 10.8 Å². The monoisotopic (exact) mass is 264 g/mol. The number of hydrogen-bond acceptors (Lipinski definition) is 2. The molecule has 3 nitrogen and oxygen atoms in total. The van der Waals surface area contributed by atoms with Crippen molar-refractivity contribution in [2.24, 2.45) is 11.8 Å². The average molecular weight is 264 g/mol. The lowest BCUT2D eigenvalue weighted by Gasteiger charge is -2.18. The van der Waals surface area contributed by atoms with Gasteiger partial charge >= 0.3 is 6.03 Å². The van der Waals surface area contributed by atoms with Crippen LogP contribution < -0.4 is 5.32 Å². The van der Waals surface area contributed by atoms with Crippen molar-refractivity contribution >= 4 is 17.4 Å². The van der Waals surface area contributed by atoms with Crippen molar-refractivity contribution in [3.05, 3.63) is 21.9 Å². The second-order valence-corrected chi connectivity index (χ2v) is 6.34. The highest BCUT2D eigenvalue weighted by Crippen LogP contribution is 2.37. The highest BCUT2D eigenvalue weighted by atomic mass is 32.1. The van der Waals surface area contributed by atoms with Crippen LogP contribution in [0.25, 0.3) is 0 Å². The molecule has 1 aromatic heterocycles. The number of nitrogens with one attached hydrogen (secondary N) is 1. The molecule has 1 saturated carbocycles. The molecule has 2 atom stereocenters. The zero-order chi connectivity index (χ0) is 12.5. The third-order valence-electron chi connectivity index (χ3n) is 4.41. The van der Waals surface area contributed by atoms with Gasteiger partial charge in [-0.15, -0.1) is 0 Å². The summed E-state index contributed by atoms with van der Waals surface area (Å²) in [4.78, 5) is 14.1. The van der Waals surface area contributed by atoms with Gasteiger partial charge in [0.1, 0.15) is 0 Å². The molecule has 0 spiro atoms. The fourth-order valence-electron chi connectivity index (χ4n) is 3.25. The Balaban J connectivity index is 1.52. The molecule has 2 heterocycles. The second kappa shape index (κ2) is 4.92. The van der Waals surface area contributed by atoms with Crippen LogP contribution >= 0.6 is 11.3 Å². The maximum Gasteiger partial charge on any atom is 0.317 e. The van der Waals surface area contributed by atoms with Gasteiger partial charge in [-0.3, -0.25) is 0 Å². The van der Waals surface area contributed by atoms with E-state index in [1.54, 1.807) is 11.3 Å². The van der Waals surface area contributed by atoms with E-state index in [0.717, 1.165) is 24.9 Å². The van der Waals surface area contributed by atoms with Gasteiger partial charge in [-0.1, -0.05) is 6.42 Å². The normalized spacial score (nSPS) is 26.4. The minimum Gasteiger partial charge on any atom is -0.334 e. The van der Waals surface area contributed by atoms with Crippen LogP contribution in [0.1, 0.15) is 30.4 Å². The molecule has 0 aromatic carbocycles. The largest absolute Gasteiger partial charge is 0.334 e. The lowest BCUT2D eigenvalue weighted by Crippen LogP contribution is -2.38. The van der Waals surface area contributed by atoms with E-state index in [2.05, 4.69) is 23.0 Å². The molecular weight excluding hydrogens is 244 g/mol. The van der Waals surface area contributed by atoms with Crippen molar-refractivity contribution in [1.82, 2.24) is 10.2 Å². The quantitative estimate of drug-likeness (QED) is 0.875. The number of urea groups is 1. The predicted molar refractivity (Wildman–Crippen MR) is 73.7 cm³/mol.